The van der Waals surface area contributed by atoms with E-state index in [1.165, 1.54) is 23.1 Å². The molecule has 2 aromatic heterocycles. The third-order valence-corrected chi connectivity index (χ3v) is 7.69. The molecule has 0 spiro atoms. The highest BCUT2D eigenvalue weighted by Gasteiger charge is 2.48. The molecule has 1 N–H and O–H groups in total. The number of ketones is 1. The number of benzene rings is 1. The van der Waals surface area contributed by atoms with Gasteiger partial charge in [-0.05, 0) is 47.5 Å². The smallest absolute Gasteiger partial charge is 0.242 e. The summed E-state index contributed by atoms with van der Waals surface area (Å²) in [6, 6.07) is 14.5. The molecule has 3 heterocycles. The van der Waals surface area contributed by atoms with Crippen LogP contribution >= 0.6 is 34.7 Å². The lowest BCUT2D eigenvalue weighted by atomic mass is 9.79. The van der Waals surface area contributed by atoms with Crippen molar-refractivity contribution in [3.63, 3.8) is 0 Å². The van der Waals surface area contributed by atoms with Gasteiger partial charge in [0.2, 0.25) is 11.8 Å². The van der Waals surface area contributed by atoms with Crippen LogP contribution in [0.3, 0.4) is 0 Å². The minimum absolute atomic E-state index is 0.0764. The number of hydrogen-bond donors (Lipinski definition) is 1. The molecule has 4 rings (SSSR count). The normalized spacial score (nSPS) is 20.5. The summed E-state index contributed by atoms with van der Waals surface area (Å²) in [6.45, 7) is 3.34. The number of carbonyl (C=O) groups is 2. The Morgan fingerprint density at radius 3 is 2.76 bits per heavy atom. The van der Waals surface area contributed by atoms with E-state index >= 15 is 0 Å². The van der Waals surface area contributed by atoms with Crippen molar-refractivity contribution in [3.8, 4) is 5.88 Å². The molecule has 6 nitrogen and oxygen atoms in total. The summed E-state index contributed by atoms with van der Waals surface area (Å²) in [6.07, 6.45) is 0.0764. The molecule has 1 fully saturated rings. The summed E-state index contributed by atoms with van der Waals surface area (Å²) < 4.78 is 11.0. The molecule has 33 heavy (non-hydrogen) atoms. The van der Waals surface area contributed by atoms with E-state index in [0.717, 1.165) is 5.56 Å². The zero-order chi connectivity index (χ0) is 23.3. The highest BCUT2D eigenvalue weighted by Crippen LogP contribution is 2.41. The maximum Gasteiger partial charge on any atom is 0.242 e. The van der Waals surface area contributed by atoms with Gasteiger partial charge >= 0.3 is 0 Å². The van der Waals surface area contributed by atoms with Gasteiger partial charge in [-0.3, -0.25) is 9.59 Å². The highest BCUT2D eigenvalue weighted by atomic mass is 35.5. The van der Waals surface area contributed by atoms with E-state index in [4.69, 9.17) is 21.1 Å². The zero-order valence-corrected chi connectivity index (χ0v) is 20.3. The first kappa shape index (κ1) is 23.8. The summed E-state index contributed by atoms with van der Waals surface area (Å²) in [5, 5.41) is 6.58. The van der Waals surface area contributed by atoms with E-state index < -0.39 is 10.8 Å². The number of rotatable bonds is 9. The van der Waals surface area contributed by atoms with Crippen molar-refractivity contribution in [2.75, 3.05) is 19.8 Å². The quantitative estimate of drug-likeness (QED) is 0.337. The van der Waals surface area contributed by atoms with Crippen LogP contribution in [0.1, 0.15) is 24.6 Å². The van der Waals surface area contributed by atoms with Crippen LogP contribution in [0.4, 0.5) is 0 Å². The van der Waals surface area contributed by atoms with Gasteiger partial charge < -0.3 is 14.8 Å². The number of amides is 1. The lowest BCUT2D eigenvalue weighted by Crippen LogP contribution is -2.58. The summed E-state index contributed by atoms with van der Waals surface area (Å²) >= 11 is 8.92. The molecule has 3 aromatic rings. The van der Waals surface area contributed by atoms with Crippen LogP contribution in [0.25, 0.3) is 0 Å². The van der Waals surface area contributed by atoms with Gasteiger partial charge in [0.05, 0.1) is 17.3 Å². The van der Waals surface area contributed by atoms with Crippen LogP contribution in [0.5, 0.6) is 5.88 Å². The second-order valence-electron chi connectivity index (χ2n) is 7.38. The molecule has 0 saturated carbocycles. The molecule has 1 aliphatic heterocycles. The first-order chi connectivity index (χ1) is 16.0. The van der Waals surface area contributed by atoms with Gasteiger partial charge in [-0.25, -0.2) is 4.98 Å². The fourth-order valence-corrected chi connectivity index (χ4v) is 5.65. The molecule has 2 atom stereocenters. The molecule has 0 radical (unpaired) electrons. The van der Waals surface area contributed by atoms with Crippen molar-refractivity contribution in [1.82, 2.24) is 10.3 Å². The van der Waals surface area contributed by atoms with Crippen molar-refractivity contribution in [2.45, 2.75) is 29.0 Å². The van der Waals surface area contributed by atoms with Crippen LogP contribution in [0.2, 0.25) is 5.02 Å². The van der Waals surface area contributed by atoms with Crippen molar-refractivity contribution >= 4 is 46.4 Å². The number of thiophene rings is 1. The minimum atomic E-state index is -1.06. The third-order valence-electron chi connectivity index (χ3n) is 5.24. The van der Waals surface area contributed by atoms with Crippen LogP contribution in [-0.2, 0) is 19.9 Å². The standard InChI is InChI=1S/C24H23ClN2O4S2/c1-2-30-11-12-31-21-9-5-8-20(26-21)24(16-10-13-32-15-16)14-18(28)22(23(29)27-24)33-19-7-4-3-6-17(19)25/h3-10,13,15,22H,2,11-12,14H2,1H3,(H,27,29). The van der Waals surface area contributed by atoms with E-state index in [0.29, 0.717) is 41.3 Å². The molecule has 1 aliphatic rings. The Kier molecular flexibility index (Phi) is 7.70. The number of Topliss-reactive ketones (excluding diaryl/α,β-unsaturated/α-hetero) is 1. The Morgan fingerprint density at radius 2 is 2.03 bits per heavy atom. The predicted octanol–water partition coefficient (Wildman–Crippen LogP) is 4.71. The molecule has 1 aromatic carbocycles. The molecular formula is C24H23ClN2O4S2. The maximum atomic E-state index is 13.3. The van der Waals surface area contributed by atoms with E-state index in [1.807, 2.05) is 48.0 Å². The van der Waals surface area contributed by atoms with E-state index in [1.54, 1.807) is 18.2 Å². The average Bonchev–Trinajstić information content (AvgIpc) is 3.36. The molecule has 9 heteroatoms. The van der Waals surface area contributed by atoms with Crippen LogP contribution < -0.4 is 10.1 Å². The third kappa shape index (κ3) is 5.24. The number of pyridine rings is 1. The number of thioether (sulfide) groups is 1. The molecule has 2 unspecified atom stereocenters. The average molecular weight is 503 g/mol. The monoisotopic (exact) mass is 502 g/mol. The highest BCUT2D eigenvalue weighted by molar-refractivity contribution is 8.01. The molecule has 172 valence electrons. The lowest BCUT2D eigenvalue weighted by molar-refractivity contribution is -0.133. The molecule has 1 saturated heterocycles. The predicted molar refractivity (Wildman–Crippen MR) is 130 cm³/mol. The second kappa shape index (κ2) is 10.7. The van der Waals surface area contributed by atoms with Gasteiger partial charge in [-0.15, -0.1) is 11.8 Å². The number of piperidine rings is 1. The molecular weight excluding hydrogens is 480 g/mol. The summed E-state index contributed by atoms with van der Waals surface area (Å²) in [5.41, 5.74) is 0.303. The van der Waals surface area contributed by atoms with E-state index in [9.17, 15) is 9.59 Å². The van der Waals surface area contributed by atoms with Gasteiger partial charge in [0, 0.05) is 24.0 Å². The largest absolute Gasteiger partial charge is 0.475 e. The van der Waals surface area contributed by atoms with E-state index in [-0.39, 0.29) is 18.1 Å². The van der Waals surface area contributed by atoms with Crippen LogP contribution in [0, 0.1) is 0 Å². The fraction of sp³-hybridized carbons (Fsp3) is 0.292. The number of carbonyl (C=O) groups excluding carboxylic acids is 2. The molecule has 1 amide bonds. The fourth-order valence-electron chi connectivity index (χ4n) is 3.67. The van der Waals surface area contributed by atoms with Crippen molar-refractivity contribution in [3.05, 3.63) is 75.6 Å². The van der Waals surface area contributed by atoms with Gasteiger partial charge in [-0.2, -0.15) is 11.3 Å². The maximum absolute atomic E-state index is 13.3. The minimum Gasteiger partial charge on any atom is -0.475 e. The first-order valence-electron chi connectivity index (χ1n) is 10.5. The number of ether oxygens (including phenoxy) is 2. The molecule has 0 aliphatic carbocycles. The number of nitrogens with one attached hydrogen (secondary N) is 1. The first-order valence-corrected chi connectivity index (χ1v) is 12.7. The van der Waals surface area contributed by atoms with E-state index in [2.05, 4.69) is 10.3 Å². The Morgan fingerprint density at radius 1 is 1.18 bits per heavy atom. The van der Waals surface area contributed by atoms with Crippen molar-refractivity contribution in [1.29, 1.82) is 0 Å². The second-order valence-corrected chi connectivity index (χ2v) is 9.72. The Hall–Kier alpha value is -2.39. The van der Waals surface area contributed by atoms with Gasteiger partial charge in [0.15, 0.2) is 5.78 Å². The van der Waals surface area contributed by atoms with Crippen molar-refractivity contribution < 1.29 is 19.1 Å². The number of halogens is 1. The van der Waals surface area contributed by atoms with Crippen LogP contribution in [-0.4, -0.2) is 41.7 Å². The van der Waals surface area contributed by atoms with Gasteiger partial charge in [-0.1, -0.05) is 29.8 Å². The number of aromatic nitrogens is 1. The topological polar surface area (TPSA) is 77.5 Å². The summed E-state index contributed by atoms with van der Waals surface area (Å²) in [5.74, 6) is -0.137. The summed E-state index contributed by atoms with van der Waals surface area (Å²) in [4.78, 5) is 31.9. The van der Waals surface area contributed by atoms with Crippen LogP contribution in [0.15, 0.2) is 64.2 Å². The lowest BCUT2D eigenvalue weighted by Gasteiger charge is -2.39. The van der Waals surface area contributed by atoms with Crippen molar-refractivity contribution in [2.24, 2.45) is 0 Å². The number of hydrogen-bond acceptors (Lipinski definition) is 7. The Balaban J connectivity index is 1.62. The Bertz CT molecular complexity index is 1110. The SMILES string of the molecule is CCOCCOc1cccc(C2(c3ccsc3)CC(=O)C(Sc3ccccc3Cl)C(=O)N2)n1. The Labute approximate surface area is 205 Å². The zero-order valence-electron chi connectivity index (χ0n) is 18.0. The van der Waals surface area contributed by atoms with Gasteiger partial charge in [0.25, 0.3) is 0 Å². The molecule has 0 bridgehead atoms. The summed E-state index contributed by atoms with van der Waals surface area (Å²) in [7, 11) is 0. The van der Waals surface area contributed by atoms with Gasteiger partial charge in [0.1, 0.15) is 17.4 Å². The number of nitrogens with zero attached hydrogens (tertiary/aromatic N) is 1.